The van der Waals surface area contributed by atoms with Crippen LogP contribution in [0, 0.1) is 11.7 Å². The molecular weight excluding hydrogens is 259 g/mol. The first-order chi connectivity index (χ1) is 7.15. The van der Waals surface area contributed by atoms with Crippen LogP contribution < -0.4 is 0 Å². The highest BCUT2D eigenvalue weighted by atomic mass is 79.9. The molecule has 0 saturated heterocycles. The van der Waals surface area contributed by atoms with E-state index in [0.717, 1.165) is 10.9 Å². The normalized spacial score (nSPS) is 17.8. The van der Waals surface area contributed by atoms with Crippen molar-refractivity contribution in [1.82, 2.24) is 0 Å². The van der Waals surface area contributed by atoms with Crippen molar-refractivity contribution in [1.29, 1.82) is 0 Å². The van der Waals surface area contributed by atoms with E-state index in [-0.39, 0.29) is 5.82 Å². The minimum atomic E-state index is -0.402. The van der Waals surface area contributed by atoms with E-state index < -0.39 is 6.10 Å². The van der Waals surface area contributed by atoms with Gasteiger partial charge < -0.3 is 5.11 Å². The Labute approximate surface area is 97.4 Å². The largest absolute Gasteiger partial charge is 0.393 e. The zero-order valence-corrected chi connectivity index (χ0v) is 10.0. The smallest absolute Gasteiger partial charge is 0.126 e. The maximum atomic E-state index is 13.4. The molecule has 1 aliphatic carbocycles. The number of benzene rings is 1. The second-order valence-corrected chi connectivity index (χ2v) is 5.19. The Morgan fingerprint density at radius 1 is 1.47 bits per heavy atom. The lowest BCUT2D eigenvalue weighted by molar-refractivity contribution is 0.157. The van der Waals surface area contributed by atoms with Crippen LogP contribution in [0.15, 0.2) is 22.7 Å². The van der Waals surface area contributed by atoms with Crippen molar-refractivity contribution in [2.75, 3.05) is 0 Å². The minimum Gasteiger partial charge on any atom is -0.393 e. The van der Waals surface area contributed by atoms with Gasteiger partial charge in [0.15, 0.2) is 0 Å². The fourth-order valence-corrected chi connectivity index (χ4v) is 2.18. The molecule has 1 aromatic rings. The van der Waals surface area contributed by atoms with Gasteiger partial charge in [-0.05, 0) is 36.1 Å². The Bertz CT molecular complexity index is 349. The van der Waals surface area contributed by atoms with Crippen LogP contribution in [0.1, 0.15) is 24.8 Å². The van der Waals surface area contributed by atoms with Crippen LogP contribution in [-0.2, 0) is 6.42 Å². The Morgan fingerprint density at radius 3 is 2.87 bits per heavy atom. The monoisotopic (exact) mass is 272 g/mol. The lowest BCUT2D eigenvalue weighted by Crippen LogP contribution is -2.12. The molecule has 0 radical (unpaired) electrons. The first-order valence-electron chi connectivity index (χ1n) is 5.27. The van der Waals surface area contributed by atoms with Gasteiger partial charge in [0.1, 0.15) is 5.82 Å². The van der Waals surface area contributed by atoms with Crippen molar-refractivity contribution >= 4 is 15.9 Å². The number of hydrogen-bond acceptors (Lipinski definition) is 1. The minimum absolute atomic E-state index is 0.229. The zero-order chi connectivity index (χ0) is 10.8. The van der Waals surface area contributed by atoms with Crippen molar-refractivity contribution < 1.29 is 9.50 Å². The molecule has 82 valence electrons. The van der Waals surface area contributed by atoms with Gasteiger partial charge in [-0.15, -0.1) is 0 Å². The topological polar surface area (TPSA) is 20.2 Å². The number of hydrogen-bond donors (Lipinski definition) is 1. The Hall–Kier alpha value is -0.410. The molecule has 1 saturated carbocycles. The quantitative estimate of drug-likeness (QED) is 0.892. The summed E-state index contributed by atoms with van der Waals surface area (Å²) in [6.07, 6.45) is 3.27. The molecule has 1 aromatic carbocycles. The summed E-state index contributed by atoms with van der Waals surface area (Å²) in [5.74, 6) is 0.447. The molecule has 1 nitrogen and oxygen atoms in total. The van der Waals surface area contributed by atoms with Crippen molar-refractivity contribution in [2.45, 2.75) is 31.8 Å². The molecule has 2 rings (SSSR count). The molecule has 1 N–H and O–H groups in total. The first-order valence-corrected chi connectivity index (χ1v) is 6.06. The average molecular weight is 273 g/mol. The number of rotatable bonds is 4. The van der Waals surface area contributed by atoms with Gasteiger partial charge in [0.05, 0.1) is 6.10 Å². The summed E-state index contributed by atoms with van der Waals surface area (Å²) in [6.45, 7) is 0. The molecule has 3 heteroatoms. The van der Waals surface area contributed by atoms with Gasteiger partial charge in [0, 0.05) is 10.9 Å². The van der Waals surface area contributed by atoms with Crippen molar-refractivity contribution in [2.24, 2.45) is 5.92 Å². The average Bonchev–Trinajstić information content (AvgIpc) is 2.95. The standard InChI is InChI=1S/C12H14BrFO/c13-10-3-4-12(14)9(6-10)7-11(15)5-8-1-2-8/h3-4,6,8,11,15H,1-2,5,7H2. The molecule has 0 amide bonds. The van der Waals surface area contributed by atoms with Gasteiger partial charge in [-0.1, -0.05) is 28.8 Å². The van der Waals surface area contributed by atoms with E-state index in [1.807, 2.05) is 0 Å². The fraction of sp³-hybridized carbons (Fsp3) is 0.500. The van der Waals surface area contributed by atoms with Gasteiger partial charge in [-0.3, -0.25) is 0 Å². The molecular formula is C12H14BrFO. The molecule has 0 bridgehead atoms. The maximum Gasteiger partial charge on any atom is 0.126 e. The third-order valence-electron chi connectivity index (χ3n) is 2.77. The van der Waals surface area contributed by atoms with Crippen molar-refractivity contribution in [3.05, 3.63) is 34.1 Å². The van der Waals surface area contributed by atoms with E-state index >= 15 is 0 Å². The number of aliphatic hydroxyl groups is 1. The summed E-state index contributed by atoms with van der Waals surface area (Å²) in [7, 11) is 0. The first kappa shape index (κ1) is 11.1. The molecule has 0 aliphatic heterocycles. The van der Waals surface area contributed by atoms with E-state index in [4.69, 9.17) is 0 Å². The Morgan fingerprint density at radius 2 is 2.20 bits per heavy atom. The van der Waals surface area contributed by atoms with Crippen LogP contribution in [0.3, 0.4) is 0 Å². The summed E-state index contributed by atoms with van der Waals surface area (Å²) in [6, 6.07) is 4.85. The van der Waals surface area contributed by atoms with Crippen LogP contribution in [0.4, 0.5) is 4.39 Å². The molecule has 1 unspecified atom stereocenters. The lowest BCUT2D eigenvalue weighted by Gasteiger charge is -2.10. The number of aliphatic hydroxyl groups excluding tert-OH is 1. The highest BCUT2D eigenvalue weighted by Gasteiger charge is 2.24. The second kappa shape index (κ2) is 4.62. The zero-order valence-electron chi connectivity index (χ0n) is 8.42. The summed E-state index contributed by atoms with van der Waals surface area (Å²) in [5.41, 5.74) is 0.595. The molecule has 1 aliphatic rings. The van der Waals surface area contributed by atoms with Gasteiger partial charge in [-0.25, -0.2) is 4.39 Å². The lowest BCUT2D eigenvalue weighted by atomic mass is 10.0. The predicted molar refractivity (Wildman–Crippen MR) is 61.2 cm³/mol. The van der Waals surface area contributed by atoms with E-state index in [1.54, 1.807) is 12.1 Å². The van der Waals surface area contributed by atoms with Crippen LogP contribution >= 0.6 is 15.9 Å². The van der Waals surface area contributed by atoms with Crippen LogP contribution in [0.25, 0.3) is 0 Å². The van der Waals surface area contributed by atoms with E-state index in [1.165, 1.54) is 18.9 Å². The van der Waals surface area contributed by atoms with Crippen LogP contribution in [0.5, 0.6) is 0 Å². The summed E-state index contributed by atoms with van der Waals surface area (Å²) >= 11 is 3.30. The van der Waals surface area contributed by atoms with Gasteiger partial charge in [-0.2, -0.15) is 0 Å². The van der Waals surface area contributed by atoms with E-state index in [9.17, 15) is 9.50 Å². The van der Waals surface area contributed by atoms with Crippen molar-refractivity contribution in [3.63, 3.8) is 0 Å². The Balaban J connectivity index is 1.98. The molecule has 0 aromatic heterocycles. The van der Waals surface area contributed by atoms with E-state index in [0.29, 0.717) is 17.9 Å². The Kier molecular flexibility index (Phi) is 3.42. The van der Waals surface area contributed by atoms with E-state index in [2.05, 4.69) is 15.9 Å². The highest BCUT2D eigenvalue weighted by Crippen LogP contribution is 2.34. The third-order valence-corrected chi connectivity index (χ3v) is 3.26. The third kappa shape index (κ3) is 3.28. The summed E-state index contributed by atoms with van der Waals surface area (Å²) in [5, 5.41) is 9.75. The summed E-state index contributed by atoms with van der Waals surface area (Å²) < 4.78 is 14.2. The van der Waals surface area contributed by atoms with Gasteiger partial charge >= 0.3 is 0 Å². The van der Waals surface area contributed by atoms with Crippen LogP contribution in [0.2, 0.25) is 0 Å². The van der Waals surface area contributed by atoms with Crippen LogP contribution in [-0.4, -0.2) is 11.2 Å². The molecule has 15 heavy (non-hydrogen) atoms. The molecule has 0 heterocycles. The molecule has 1 fully saturated rings. The summed E-state index contributed by atoms with van der Waals surface area (Å²) in [4.78, 5) is 0. The maximum absolute atomic E-state index is 13.4. The predicted octanol–water partition coefficient (Wildman–Crippen LogP) is 3.29. The second-order valence-electron chi connectivity index (χ2n) is 4.27. The van der Waals surface area contributed by atoms with Crippen molar-refractivity contribution in [3.8, 4) is 0 Å². The van der Waals surface area contributed by atoms with Gasteiger partial charge in [0.2, 0.25) is 0 Å². The highest BCUT2D eigenvalue weighted by molar-refractivity contribution is 9.10. The van der Waals surface area contributed by atoms with Gasteiger partial charge in [0.25, 0.3) is 0 Å². The molecule has 0 spiro atoms. The molecule has 1 atom stereocenters. The fourth-order valence-electron chi connectivity index (χ4n) is 1.78. The SMILES string of the molecule is OC(Cc1cc(Br)ccc1F)CC1CC1. The number of halogens is 2.